The minimum Gasteiger partial charge on any atom is -0.392 e. The Morgan fingerprint density at radius 1 is 1.40 bits per heavy atom. The monoisotopic (exact) mass is 300 g/mol. The van der Waals surface area contributed by atoms with Gasteiger partial charge in [-0.1, -0.05) is 12.2 Å². The van der Waals surface area contributed by atoms with Gasteiger partial charge in [0.05, 0.1) is 11.1 Å². The third-order valence-corrected chi connectivity index (χ3v) is 4.74. The van der Waals surface area contributed by atoms with Crippen LogP contribution < -0.4 is 5.73 Å². The van der Waals surface area contributed by atoms with Gasteiger partial charge < -0.3 is 20.1 Å². The maximum absolute atomic E-state index is 12.9. The molecule has 1 atom stereocenters. The van der Waals surface area contributed by atoms with Crippen LogP contribution in [0, 0.1) is 5.41 Å². The fraction of sp³-hybridized carbons (Fsp3) is 0.857. The first kappa shape index (κ1) is 15.7. The van der Waals surface area contributed by atoms with Gasteiger partial charge in [0.15, 0.2) is 0 Å². The lowest BCUT2D eigenvalue weighted by Crippen LogP contribution is -2.54. The molecule has 0 bridgehead atoms. The van der Waals surface area contributed by atoms with Gasteiger partial charge in [-0.25, -0.2) is 0 Å². The minimum atomic E-state index is -0.720. The van der Waals surface area contributed by atoms with E-state index < -0.39 is 5.41 Å². The highest BCUT2D eigenvalue weighted by molar-refractivity contribution is 7.80. The zero-order chi connectivity index (χ0) is 14.6. The summed E-state index contributed by atoms with van der Waals surface area (Å²) >= 11 is 5.20. The molecule has 2 saturated heterocycles. The highest BCUT2D eigenvalue weighted by Crippen LogP contribution is 2.33. The number of nitrogens with two attached hydrogens (primary N) is 1. The molecule has 0 aromatic heterocycles. The van der Waals surface area contributed by atoms with Crippen LogP contribution in [-0.2, 0) is 14.3 Å². The summed E-state index contributed by atoms with van der Waals surface area (Å²) < 4.78 is 11.0. The SMILES string of the molecule is CCN(CC1CCCO1)C(=O)C1(C(N)=S)CCOCC1. The van der Waals surface area contributed by atoms with Gasteiger partial charge in [0, 0.05) is 32.9 Å². The number of ether oxygens (including phenoxy) is 2. The van der Waals surface area contributed by atoms with Crippen LogP contribution >= 0.6 is 12.2 Å². The van der Waals surface area contributed by atoms with Crippen LogP contribution in [0.3, 0.4) is 0 Å². The fourth-order valence-electron chi connectivity index (χ4n) is 2.98. The maximum Gasteiger partial charge on any atom is 0.235 e. The Labute approximate surface area is 125 Å². The first-order chi connectivity index (χ1) is 9.60. The first-order valence-electron chi connectivity index (χ1n) is 7.39. The molecule has 20 heavy (non-hydrogen) atoms. The van der Waals surface area contributed by atoms with Gasteiger partial charge in [0.2, 0.25) is 5.91 Å². The summed E-state index contributed by atoms with van der Waals surface area (Å²) in [5.74, 6) is 0.0475. The van der Waals surface area contributed by atoms with Crippen LogP contribution in [0.15, 0.2) is 0 Å². The van der Waals surface area contributed by atoms with Gasteiger partial charge in [-0.2, -0.15) is 0 Å². The van der Waals surface area contributed by atoms with Crippen LogP contribution in [0.25, 0.3) is 0 Å². The third-order valence-electron chi connectivity index (χ3n) is 4.34. The molecule has 2 fully saturated rings. The Bertz CT molecular complexity index is 363. The van der Waals surface area contributed by atoms with Crippen LogP contribution in [0.5, 0.6) is 0 Å². The largest absolute Gasteiger partial charge is 0.392 e. The summed E-state index contributed by atoms with van der Waals surface area (Å²) in [5, 5.41) is 0. The molecular formula is C14H24N2O3S. The van der Waals surface area contributed by atoms with Crippen LogP contribution in [-0.4, -0.2) is 54.8 Å². The van der Waals surface area contributed by atoms with Crippen molar-refractivity contribution >= 4 is 23.1 Å². The number of hydrogen-bond acceptors (Lipinski definition) is 4. The molecule has 0 saturated carbocycles. The standard InChI is InChI=1S/C14H24N2O3S/c1-2-16(10-11-4-3-7-19-11)13(17)14(12(15)20)5-8-18-9-6-14/h11H,2-10H2,1H3,(H2,15,20). The molecule has 2 heterocycles. The molecule has 2 aliphatic rings. The molecule has 1 unspecified atom stereocenters. The van der Waals surface area contributed by atoms with Crippen LogP contribution in [0.1, 0.15) is 32.6 Å². The number of carbonyl (C=O) groups is 1. The van der Waals surface area contributed by atoms with E-state index in [2.05, 4.69) is 0 Å². The van der Waals surface area contributed by atoms with E-state index in [9.17, 15) is 4.79 Å². The molecule has 2 rings (SSSR count). The highest BCUT2D eigenvalue weighted by Gasteiger charge is 2.45. The summed E-state index contributed by atoms with van der Waals surface area (Å²) in [6, 6.07) is 0. The topological polar surface area (TPSA) is 64.8 Å². The number of likely N-dealkylation sites (N-methyl/N-ethyl adjacent to an activating group) is 1. The molecule has 0 radical (unpaired) electrons. The fourth-order valence-corrected chi connectivity index (χ4v) is 3.27. The molecule has 1 amide bonds. The second kappa shape index (κ2) is 6.83. The van der Waals surface area contributed by atoms with E-state index in [1.807, 2.05) is 11.8 Å². The van der Waals surface area contributed by atoms with Gasteiger partial charge in [0.1, 0.15) is 5.41 Å². The molecule has 0 aliphatic carbocycles. The zero-order valence-corrected chi connectivity index (χ0v) is 12.9. The van der Waals surface area contributed by atoms with Crippen molar-refractivity contribution in [2.24, 2.45) is 11.1 Å². The number of rotatable bonds is 5. The molecule has 0 aromatic rings. The van der Waals surface area contributed by atoms with Crippen molar-refractivity contribution in [3.05, 3.63) is 0 Å². The van der Waals surface area contributed by atoms with Gasteiger partial charge in [0.25, 0.3) is 0 Å². The minimum absolute atomic E-state index is 0.0475. The van der Waals surface area contributed by atoms with E-state index in [4.69, 9.17) is 27.4 Å². The molecule has 114 valence electrons. The lowest BCUT2D eigenvalue weighted by Gasteiger charge is -2.39. The average molecular weight is 300 g/mol. The Morgan fingerprint density at radius 2 is 2.10 bits per heavy atom. The molecule has 2 aliphatic heterocycles. The van der Waals surface area contributed by atoms with Crippen molar-refractivity contribution in [2.75, 3.05) is 32.9 Å². The zero-order valence-electron chi connectivity index (χ0n) is 12.1. The number of nitrogens with zero attached hydrogens (tertiary/aromatic N) is 1. The number of carbonyl (C=O) groups excluding carboxylic acids is 1. The van der Waals surface area contributed by atoms with Crippen LogP contribution in [0.4, 0.5) is 0 Å². The smallest absolute Gasteiger partial charge is 0.235 e. The number of hydrogen-bond donors (Lipinski definition) is 1. The van der Waals surface area contributed by atoms with E-state index in [0.29, 0.717) is 44.1 Å². The Hall–Kier alpha value is -0.720. The highest BCUT2D eigenvalue weighted by atomic mass is 32.1. The third kappa shape index (κ3) is 3.13. The summed E-state index contributed by atoms with van der Waals surface area (Å²) in [4.78, 5) is 15.1. The Morgan fingerprint density at radius 3 is 2.60 bits per heavy atom. The summed E-state index contributed by atoms with van der Waals surface area (Å²) in [6.07, 6.45) is 3.42. The second-order valence-corrected chi connectivity index (χ2v) is 5.98. The second-order valence-electron chi connectivity index (χ2n) is 5.54. The molecule has 0 aromatic carbocycles. The first-order valence-corrected chi connectivity index (χ1v) is 7.79. The van der Waals surface area contributed by atoms with E-state index in [-0.39, 0.29) is 12.0 Å². The Kier molecular flexibility index (Phi) is 5.35. The predicted octanol–water partition coefficient (Wildman–Crippen LogP) is 1.10. The van der Waals surface area contributed by atoms with Gasteiger partial charge in [-0.05, 0) is 32.6 Å². The number of thiocarbonyl (C=S) groups is 1. The van der Waals surface area contributed by atoms with E-state index >= 15 is 0 Å². The molecule has 0 spiro atoms. The van der Waals surface area contributed by atoms with Crippen molar-refractivity contribution in [3.8, 4) is 0 Å². The average Bonchev–Trinajstić information content (AvgIpc) is 2.97. The molecular weight excluding hydrogens is 276 g/mol. The lowest BCUT2D eigenvalue weighted by atomic mass is 9.78. The van der Waals surface area contributed by atoms with Crippen molar-refractivity contribution in [1.82, 2.24) is 4.90 Å². The van der Waals surface area contributed by atoms with Crippen molar-refractivity contribution in [2.45, 2.75) is 38.7 Å². The van der Waals surface area contributed by atoms with Gasteiger partial charge in [-0.15, -0.1) is 0 Å². The van der Waals surface area contributed by atoms with Gasteiger partial charge in [-0.3, -0.25) is 4.79 Å². The van der Waals surface area contributed by atoms with E-state index in [1.54, 1.807) is 0 Å². The quantitative estimate of drug-likeness (QED) is 0.770. The lowest BCUT2D eigenvalue weighted by molar-refractivity contribution is -0.143. The van der Waals surface area contributed by atoms with E-state index in [0.717, 1.165) is 19.4 Å². The molecule has 5 nitrogen and oxygen atoms in total. The normalized spacial score (nSPS) is 25.4. The summed E-state index contributed by atoms with van der Waals surface area (Å²) in [6.45, 7) is 5.16. The van der Waals surface area contributed by atoms with Crippen LogP contribution in [0.2, 0.25) is 0 Å². The van der Waals surface area contributed by atoms with Gasteiger partial charge >= 0.3 is 0 Å². The molecule has 6 heteroatoms. The summed E-state index contributed by atoms with van der Waals surface area (Å²) in [7, 11) is 0. The van der Waals surface area contributed by atoms with Crippen molar-refractivity contribution < 1.29 is 14.3 Å². The van der Waals surface area contributed by atoms with Crippen molar-refractivity contribution in [1.29, 1.82) is 0 Å². The Balaban J connectivity index is 2.09. The van der Waals surface area contributed by atoms with E-state index in [1.165, 1.54) is 0 Å². The predicted molar refractivity (Wildman–Crippen MR) is 80.5 cm³/mol. The maximum atomic E-state index is 12.9. The van der Waals surface area contributed by atoms with Crippen molar-refractivity contribution in [3.63, 3.8) is 0 Å². The molecule has 2 N–H and O–H groups in total. The number of amides is 1. The summed E-state index contributed by atoms with van der Waals surface area (Å²) in [5.41, 5.74) is 5.18.